The number of thiophene rings is 1. The molecule has 388 valence electrons. The summed E-state index contributed by atoms with van der Waals surface area (Å²) in [4.78, 5) is 8.29. The molecule has 0 amide bonds. The Morgan fingerprint density at radius 2 is 1.05 bits per heavy atom. The van der Waals surface area contributed by atoms with Crippen molar-refractivity contribution in [2.75, 3.05) is 14.7 Å². The van der Waals surface area contributed by atoms with Gasteiger partial charge in [0.1, 0.15) is 0 Å². The topological polar surface area (TPSA) is 9.72 Å². The highest BCUT2D eigenvalue weighted by Crippen LogP contribution is 2.63. The lowest BCUT2D eigenvalue weighted by molar-refractivity contribution is 0.195. The molecular formula is C72H76BN3S. The Balaban J connectivity index is 1.22. The summed E-state index contributed by atoms with van der Waals surface area (Å²) in [5.41, 5.74) is 23.1. The van der Waals surface area contributed by atoms with Crippen LogP contribution in [-0.2, 0) is 27.1 Å². The van der Waals surface area contributed by atoms with E-state index in [9.17, 15) is 0 Å². The van der Waals surface area contributed by atoms with Crippen LogP contribution >= 0.6 is 11.3 Å². The third kappa shape index (κ3) is 7.56. The Kier molecular flexibility index (Phi) is 11.0. The number of nitrogens with zero attached hydrogens (tertiary/aromatic N) is 3. The second-order valence-electron chi connectivity index (χ2n) is 27.8. The summed E-state index contributed by atoms with van der Waals surface area (Å²) in [7, 11) is 0. The minimum atomic E-state index is -0.175. The first kappa shape index (κ1) is 50.0. The van der Waals surface area contributed by atoms with Crippen LogP contribution in [0.1, 0.15) is 150 Å². The first-order valence-corrected chi connectivity index (χ1v) is 29.4. The molecule has 4 aliphatic rings. The van der Waals surface area contributed by atoms with E-state index in [1.54, 1.807) is 0 Å². The fourth-order valence-corrected chi connectivity index (χ4v) is 15.3. The molecule has 1 aliphatic carbocycles. The van der Waals surface area contributed by atoms with Crippen LogP contribution in [0, 0.1) is 0 Å². The highest BCUT2D eigenvalue weighted by atomic mass is 32.1. The molecule has 3 aliphatic heterocycles. The molecule has 0 saturated heterocycles. The lowest BCUT2D eigenvalue weighted by atomic mass is 9.33. The van der Waals surface area contributed by atoms with Crippen molar-refractivity contribution in [2.45, 2.75) is 155 Å². The van der Waals surface area contributed by atoms with Crippen LogP contribution in [0.4, 0.5) is 45.5 Å². The van der Waals surface area contributed by atoms with Crippen LogP contribution in [0.5, 0.6) is 0 Å². The molecule has 0 N–H and O–H groups in total. The van der Waals surface area contributed by atoms with Gasteiger partial charge in [-0.05, 0) is 152 Å². The second kappa shape index (κ2) is 17.0. The number of hydrogen-bond donors (Lipinski definition) is 0. The summed E-state index contributed by atoms with van der Waals surface area (Å²) in [5, 5.41) is 2.65. The lowest BCUT2D eigenvalue weighted by Crippen LogP contribution is -2.61. The summed E-state index contributed by atoms with van der Waals surface area (Å²) >= 11 is 1.92. The van der Waals surface area contributed by atoms with Crippen molar-refractivity contribution in [1.82, 2.24) is 0 Å². The molecule has 77 heavy (non-hydrogen) atoms. The van der Waals surface area contributed by atoms with Crippen molar-refractivity contribution in [1.29, 1.82) is 0 Å². The molecule has 4 heterocycles. The number of rotatable bonds is 4. The van der Waals surface area contributed by atoms with Crippen LogP contribution in [0.15, 0.2) is 158 Å². The van der Waals surface area contributed by atoms with Crippen molar-refractivity contribution in [3.8, 4) is 11.1 Å². The second-order valence-corrected chi connectivity index (χ2v) is 28.9. The Hall–Kier alpha value is -6.56. The van der Waals surface area contributed by atoms with E-state index in [-0.39, 0.29) is 39.3 Å². The molecule has 13 rings (SSSR count). The molecule has 0 radical (unpaired) electrons. The van der Waals surface area contributed by atoms with Gasteiger partial charge in [0.2, 0.25) is 0 Å². The number of benzene rings is 8. The number of hydrogen-bond acceptors (Lipinski definition) is 4. The third-order valence-electron chi connectivity index (χ3n) is 18.8. The standard InChI is InChI=1S/C72H76BN3S/c1-67(2,3)46-25-22-26-50(39-46)74-59-42-49(70(10,11)12)29-32-55(59)73-56-33-36-63-64(52-27-18-19-28-62(52)77-63)66(56)75(57-34-30-47(68(4,5)6)40-53(57)45-23-16-15-17-24-45)61-44-51(43-60(74)65(61)73)76-58-35-31-48(69(7,8)9)41-54(58)71(13)37-20-21-38-72(71,76)14/h15-19,22-36,39-44H,20-21,37-38H2,1-14H3. The molecule has 5 heteroatoms. The lowest BCUT2D eigenvalue weighted by Gasteiger charge is -2.51. The van der Waals surface area contributed by atoms with Gasteiger partial charge in [-0.1, -0.05) is 200 Å². The van der Waals surface area contributed by atoms with E-state index < -0.39 is 0 Å². The first-order valence-electron chi connectivity index (χ1n) is 28.6. The van der Waals surface area contributed by atoms with Crippen LogP contribution in [0.3, 0.4) is 0 Å². The van der Waals surface area contributed by atoms with E-state index in [2.05, 4.69) is 269 Å². The molecule has 1 aromatic heterocycles. The zero-order chi connectivity index (χ0) is 53.9. The predicted molar refractivity (Wildman–Crippen MR) is 336 cm³/mol. The van der Waals surface area contributed by atoms with Gasteiger partial charge in [-0.15, -0.1) is 11.3 Å². The summed E-state index contributed by atoms with van der Waals surface area (Å²) in [6, 6.07) is 62.5. The SMILES string of the molecule is CC(C)(C)c1cccc(N2c3cc(C(C)(C)C)ccc3B3c4ccc5sc6ccccc6c5c4N(c4ccc(C(C)(C)C)cc4-c4ccccc4)c4cc(N5c6ccc(C(C)(C)C)cc6C6(C)CCCCC56C)cc2c43)c1. The van der Waals surface area contributed by atoms with E-state index in [0.717, 1.165) is 6.42 Å². The summed E-state index contributed by atoms with van der Waals surface area (Å²) in [6.45, 7) is 33.5. The van der Waals surface area contributed by atoms with E-state index >= 15 is 0 Å². The van der Waals surface area contributed by atoms with Crippen molar-refractivity contribution in [3.63, 3.8) is 0 Å². The fourth-order valence-electron chi connectivity index (χ4n) is 14.2. The van der Waals surface area contributed by atoms with Gasteiger partial charge < -0.3 is 14.7 Å². The number of fused-ring (bicyclic) bond motifs is 11. The molecule has 2 atom stereocenters. The van der Waals surface area contributed by atoms with Crippen molar-refractivity contribution < 1.29 is 0 Å². The van der Waals surface area contributed by atoms with Crippen LogP contribution in [-0.4, -0.2) is 12.3 Å². The summed E-state index contributed by atoms with van der Waals surface area (Å²) in [6.07, 6.45) is 4.73. The van der Waals surface area contributed by atoms with Gasteiger partial charge >= 0.3 is 0 Å². The fraction of sp³-hybridized carbons (Fsp3) is 0.333. The van der Waals surface area contributed by atoms with Gasteiger partial charge in [-0.2, -0.15) is 0 Å². The van der Waals surface area contributed by atoms with Gasteiger partial charge in [0.05, 0.1) is 16.9 Å². The van der Waals surface area contributed by atoms with E-state index in [4.69, 9.17) is 0 Å². The molecule has 9 aromatic rings. The van der Waals surface area contributed by atoms with E-state index in [1.165, 1.54) is 140 Å². The quantitative estimate of drug-likeness (QED) is 0.163. The van der Waals surface area contributed by atoms with Crippen LogP contribution in [0.25, 0.3) is 31.3 Å². The summed E-state index contributed by atoms with van der Waals surface area (Å²) < 4.78 is 2.63. The maximum Gasteiger partial charge on any atom is 0.252 e. The third-order valence-corrected chi connectivity index (χ3v) is 19.9. The molecule has 0 bridgehead atoms. The Labute approximate surface area is 464 Å². The molecule has 8 aromatic carbocycles. The summed E-state index contributed by atoms with van der Waals surface area (Å²) in [5.74, 6) is 0. The van der Waals surface area contributed by atoms with Crippen molar-refractivity contribution in [2.24, 2.45) is 0 Å². The largest absolute Gasteiger partial charge is 0.334 e. The van der Waals surface area contributed by atoms with Crippen molar-refractivity contribution >= 4 is 100 Å². The molecular weight excluding hydrogens is 950 g/mol. The van der Waals surface area contributed by atoms with Crippen LogP contribution < -0.4 is 31.1 Å². The Morgan fingerprint density at radius 1 is 0.455 bits per heavy atom. The smallest absolute Gasteiger partial charge is 0.252 e. The zero-order valence-electron chi connectivity index (χ0n) is 48.2. The van der Waals surface area contributed by atoms with Crippen LogP contribution in [0.2, 0.25) is 0 Å². The molecule has 1 saturated carbocycles. The predicted octanol–water partition coefficient (Wildman–Crippen LogP) is 18.7. The Bertz CT molecular complexity index is 3870. The first-order chi connectivity index (χ1) is 36.5. The number of anilines is 8. The average Bonchev–Trinajstić information content (AvgIpc) is 4.15. The maximum atomic E-state index is 2.85. The van der Waals surface area contributed by atoms with Crippen molar-refractivity contribution in [3.05, 3.63) is 186 Å². The normalized spacial score (nSPS) is 19.1. The zero-order valence-corrected chi connectivity index (χ0v) is 49.0. The van der Waals surface area contributed by atoms with Gasteiger partial charge in [0, 0.05) is 65.3 Å². The molecule has 0 spiro atoms. The van der Waals surface area contributed by atoms with E-state index in [0.29, 0.717) is 0 Å². The minimum absolute atomic E-state index is 0.0281. The average molecular weight is 1030 g/mol. The highest BCUT2D eigenvalue weighted by Gasteiger charge is 2.58. The highest BCUT2D eigenvalue weighted by molar-refractivity contribution is 7.26. The Morgan fingerprint density at radius 3 is 1.77 bits per heavy atom. The molecule has 3 nitrogen and oxygen atoms in total. The van der Waals surface area contributed by atoms with Gasteiger partial charge in [0.15, 0.2) is 0 Å². The van der Waals surface area contributed by atoms with E-state index in [1.807, 2.05) is 11.3 Å². The van der Waals surface area contributed by atoms with Gasteiger partial charge in [-0.25, -0.2) is 0 Å². The monoisotopic (exact) mass is 1030 g/mol. The van der Waals surface area contributed by atoms with Gasteiger partial charge in [-0.3, -0.25) is 0 Å². The van der Waals surface area contributed by atoms with Gasteiger partial charge in [0.25, 0.3) is 6.71 Å². The maximum absolute atomic E-state index is 2.85. The molecule has 2 unspecified atom stereocenters. The minimum Gasteiger partial charge on any atom is -0.334 e. The molecule has 1 fully saturated rings.